The van der Waals surface area contributed by atoms with Gasteiger partial charge >= 0.3 is 0 Å². The van der Waals surface area contributed by atoms with Crippen LogP contribution in [0.2, 0.25) is 0 Å². The minimum atomic E-state index is 0.0369. The summed E-state index contributed by atoms with van der Waals surface area (Å²) in [7, 11) is 2.09. The normalized spacial score (nSPS) is 11.4. The molecule has 142 valence electrons. The molecule has 2 aromatic rings. The summed E-state index contributed by atoms with van der Waals surface area (Å²) in [4.78, 5) is 2.23. The maximum absolute atomic E-state index is 9.52. The topological polar surface area (TPSA) is 32.7 Å². The summed E-state index contributed by atoms with van der Waals surface area (Å²) >= 11 is 0. The highest BCUT2D eigenvalue weighted by Crippen LogP contribution is 2.18. The van der Waals surface area contributed by atoms with Gasteiger partial charge in [0, 0.05) is 18.5 Å². The van der Waals surface area contributed by atoms with E-state index in [1.165, 1.54) is 5.56 Å². The molecule has 0 aromatic heterocycles. The summed E-state index contributed by atoms with van der Waals surface area (Å²) in [5, 5.41) is 9.52. The van der Waals surface area contributed by atoms with E-state index in [-0.39, 0.29) is 11.2 Å². The lowest BCUT2D eigenvalue weighted by atomic mass is 9.98. The number of hydrogen-bond acceptors (Lipinski definition) is 3. The van der Waals surface area contributed by atoms with E-state index in [1.54, 1.807) is 12.1 Å². The molecule has 2 rings (SSSR count). The summed E-state index contributed by atoms with van der Waals surface area (Å²) in [6.45, 7) is 8.43. The number of likely N-dealkylation sites (N-methyl/N-ethyl adjacent to an activating group) is 1. The largest absolute Gasteiger partial charge is 0.508 e. The van der Waals surface area contributed by atoms with Crippen LogP contribution in [0.15, 0.2) is 60.7 Å². The van der Waals surface area contributed by atoms with Gasteiger partial charge in [-0.15, -0.1) is 0 Å². The molecule has 0 atom stereocenters. The number of benzene rings is 2. The van der Waals surface area contributed by atoms with Crippen molar-refractivity contribution in [1.29, 1.82) is 0 Å². The van der Waals surface area contributed by atoms with E-state index in [9.17, 15) is 5.11 Å². The number of ether oxygens (including phenoxy) is 1. The van der Waals surface area contributed by atoms with Gasteiger partial charge in [0.1, 0.15) is 18.1 Å². The maximum Gasteiger partial charge on any atom is 0.120 e. The van der Waals surface area contributed by atoms with Gasteiger partial charge in [0.15, 0.2) is 0 Å². The summed E-state index contributed by atoms with van der Waals surface area (Å²) in [5.41, 5.74) is 2.17. The molecule has 0 bridgehead atoms. The van der Waals surface area contributed by atoms with Crippen molar-refractivity contribution in [2.75, 3.05) is 13.6 Å². The zero-order chi connectivity index (χ0) is 19.7. The molecule has 3 nitrogen and oxygen atoms in total. The molecule has 0 amide bonds. The number of rotatable bonds is 7. The molecule has 0 fully saturated rings. The van der Waals surface area contributed by atoms with Gasteiger partial charge in [-0.2, -0.15) is 0 Å². The second-order valence-corrected chi connectivity index (χ2v) is 7.72. The van der Waals surface area contributed by atoms with Crippen LogP contribution >= 0.6 is 0 Å². The van der Waals surface area contributed by atoms with Crippen molar-refractivity contribution in [3.8, 4) is 23.3 Å². The smallest absolute Gasteiger partial charge is 0.120 e. The Morgan fingerprint density at radius 3 is 2.56 bits per heavy atom. The fraction of sp³-hybridized carbons (Fsp3) is 0.333. The molecule has 27 heavy (non-hydrogen) atoms. The van der Waals surface area contributed by atoms with Gasteiger partial charge in [0.25, 0.3) is 0 Å². The van der Waals surface area contributed by atoms with Crippen LogP contribution < -0.4 is 4.74 Å². The summed E-state index contributed by atoms with van der Waals surface area (Å²) < 4.78 is 5.85. The number of aromatic hydroxyl groups is 1. The second kappa shape index (κ2) is 9.85. The molecule has 0 saturated carbocycles. The molecular formula is C24H29NO2. The van der Waals surface area contributed by atoms with Crippen LogP contribution in [0.5, 0.6) is 11.5 Å². The van der Waals surface area contributed by atoms with Crippen molar-refractivity contribution in [3.63, 3.8) is 0 Å². The first-order chi connectivity index (χ1) is 12.8. The number of phenols is 1. The Bertz CT molecular complexity index is 822. The number of hydrogen-bond donors (Lipinski definition) is 1. The average Bonchev–Trinajstić information content (AvgIpc) is 2.59. The highest BCUT2D eigenvalue weighted by atomic mass is 16.5. The zero-order valence-corrected chi connectivity index (χ0v) is 16.7. The number of allylic oxidation sites excluding steroid dienone is 1. The summed E-state index contributed by atoms with van der Waals surface area (Å²) in [6.07, 6.45) is 4.01. The van der Waals surface area contributed by atoms with E-state index in [2.05, 4.69) is 62.8 Å². The molecule has 0 aliphatic carbocycles. The molecule has 3 heteroatoms. The van der Waals surface area contributed by atoms with Crippen molar-refractivity contribution in [3.05, 3.63) is 71.8 Å². The lowest BCUT2D eigenvalue weighted by molar-refractivity contribution is 0.304. The van der Waals surface area contributed by atoms with E-state index >= 15 is 0 Å². The molecule has 0 aliphatic heterocycles. The highest BCUT2D eigenvalue weighted by molar-refractivity contribution is 5.30. The third-order valence-electron chi connectivity index (χ3n) is 3.73. The lowest BCUT2D eigenvalue weighted by Crippen LogP contribution is -2.17. The van der Waals surface area contributed by atoms with E-state index in [0.29, 0.717) is 6.61 Å². The van der Waals surface area contributed by atoms with E-state index in [0.717, 1.165) is 24.4 Å². The molecule has 0 saturated heterocycles. The van der Waals surface area contributed by atoms with Crippen LogP contribution in [0.4, 0.5) is 0 Å². The SMILES string of the molecule is CN(C/C=C/C#CC(C)(C)C)Cc1cccc(OCc2cccc(O)c2)c1. The van der Waals surface area contributed by atoms with Gasteiger partial charge < -0.3 is 9.84 Å². The number of phenolic OH excluding ortho intramolecular Hbond substituents is 1. The molecular weight excluding hydrogens is 334 g/mol. The van der Waals surface area contributed by atoms with Gasteiger partial charge in [-0.05, 0) is 69.3 Å². The van der Waals surface area contributed by atoms with E-state index in [4.69, 9.17) is 4.74 Å². The Kier molecular flexibility index (Phi) is 7.52. The third-order valence-corrected chi connectivity index (χ3v) is 3.73. The molecule has 2 aromatic carbocycles. The van der Waals surface area contributed by atoms with Crippen LogP contribution in [0.25, 0.3) is 0 Å². The molecule has 0 heterocycles. The van der Waals surface area contributed by atoms with Gasteiger partial charge in [-0.25, -0.2) is 0 Å². The van der Waals surface area contributed by atoms with Crippen molar-refractivity contribution >= 4 is 0 Å². The van der Waals surface area contributed by atoms with Crippen molar-refractivity contribution in [1.82, 2.24) is 4.90 Å². The molecule has 0 aliphatic rings. The standard InChI is InChI=1S/C24H29NO2/c1-24(2,3)14-6-5-7-15-25(4)18-20-10-9-13-23(17-20)27-19-21-11-8-12-22(26)16-21/h5,7-13,16-17,26H,15,18-19H2,1-4H3/b7-5+. The Hall–Kier alpha value is -2.70. The Balaban J connectivity index is 1.85. The van der Waals surface area contributed by atoms with E-state index < -0.39 is 0 Å². The number of nitrogens with zero attached hydrogens (tertiary/aromatic N) is 1. The lowest BCUT2D eigenvalue weighted by Gasteiger charge is -2.15. The Morgan fingerprint density at radius 1 is 1.07 bits per heavy atom. The van der Waals surface area contributed by atoms with Crippen LogP contribution in [0, 0.1) is 17.3 Å². The first-order valence-electron chi connectivity index (χ1n) is 9.18. The Labute approximate surface area is 163 Å². The van der Waals surface area contributed by atoms with Crippen LogP contribution in [-0.4, -0.2) is 23.6 Å². The van der Waals surface area contributed by atoms with Gasteiger partial charge in [0.2, 0.25) is 0 Å². The molecule has 0 unspecified atom stereocenters. The van der Waals surface area contributed by atoms with Crippen molar-refractivity contribution < 1.29 is 9.84 Å². The predicted molar refractivity (Wildman–Crippen MR) is 112 cm³/mol. The second-order valence-electron chi connectivity index (χ2n) is 7.72. The van der Waals surface area contributed by atoms with Gasteiger partial charge in [0.05, 0.1) is 0 Å². The predicted octanol–water partition coefficient (Wildman–Crippen LogP) is 5.01. The van der Waals surface area contributed by atoms with Crippen LogP contribution in [0.1, 0.15) is 31.9 Å². The van der Waals surface area contributed by atoms with Crippen LogP contribution in [-0.2, 0) is 13.2 Å². The quantitative estimate of drug-likeness (QED) is 0.702. The first kappa shape index (κ1) is 20.6. The maximum atomic E-state index is 9.52. The van der Waals surface area contributed by atoms with E-state index in [1.807, 2.05) is 30.3 Å². The first-order valence-corrected chi connectivity index (χ1v) is 9.18. The van der Waals surface area contributed by atoms with Crippen molar-refractivity contribution in [2.24, 2.45) is 5.41 Å². The van der Waals surface area contributed by atoms with Gasteiger partial charge in [-0.1, -0.05) is 42.2 Å². The zero-order valence-electron chi connectivity index (χ0n) is 16.7. The average molecular weight is 364 g/mol. The third kappa shape index (κ3) is 8.48. The monoisotopic (exact) mass is 363 g/mol. The molecule has 0 radical (unpaired) electrons. The summed E-state index contributed by atoms with van der Waals surface area (Å²) in [5.74, 6) is 7.38. The van der Waals surface area contributed by atoms with Crippen molar-refractivity contribution in [2.45, 2.75) is 33.9 Å². The fourth-order valence-electron chi connectivity index (χ4n) is 2.47. The minimum absolute atomic E-state index is 0.0369. The minimum Gasteiger partial charge on any atom is -0.508 e. The van der Waals surface area contributed by atoms with Crippen LogP contribution in [0.3, 0.4) is 0 Å². The Morgan fingerprint density at radius 2 is 1.81 bits per heavy atom. The molecule has 1 N–H and O–H groups in total. The molecule has 0 spiro atoms. The highest BCUT2D eigenvalue weighted by Gasteiger charge is 2.03. The fourth-order valence-corrected chi connectivity index (χ4v) is 2.47. The van der Waals surface area contributed by atoms with Gasteiger partial charge in [-0.3, -0.25) is 4.90 Å². The summed E-state index contributed by atoms with van der Waals surface area (Å²) in [6, 6.07) is 15.2.